The van der Waals surface area contributed by atoms with Crippen LogP contribution in [0.1, 0.15) is 132 Å². The van der Waals surface area contributed by atoms with Crippen molar-refractivity contribution in [2.45, 2.75) is 132 Å². The largest absolute Gasteiger partial charge is 0.106 e. The highest BCUT2D eigenvalue weighted by molar-refractivity contribution is 5.04. The maximum Gasteiger partial charge on any atom is 0.0253 e. The predicted octanol–water partition coefficient (Wildman–Crippen LogP) is 9.53. The van der Waals surface area contributed by atoms with Crippen molar-refractivity contribution in [3.8, 4) is 11.8 Å². The first-order valence-corrected chi connectivity index (χ1v) is 13.8. The van der Waals surface area contributed by atoms with E-state index in [-0.39, 0.29) is 0 Å². The molecule has 0 aromatic carbocycles. The molecule has 8 unspecified atom stereocenters. The predicted molar refractivity (Wildman–Crippen MR) is 134 cm³/mol. The molecule has 0 aromatic heterocycles. The first-order valence-electron chi connectivity index (χ1n) is 13.8. The van der Waals surface area contributed by atoms with E-state index in [2.05, 4.69) is 53.4 Å². The zero-order chi connectivity index (χ0) is 22.1. The van der Waals surface area contributed by atoms with Gasteiger partial charge in [0.05, 0.1) is 0 Å². The summed E-state index contributed by atoms with van der Waals surface area (Å²) in [4.78, 5) is 0. The van der Waals surface area contributed by atoms with E-state index in [9.17, 15) is 0 Å². The summed E-state index contributed by atoms with van der Waals surface area (Å²) in [6.07, 6.45) is 18.8. The third-order valence-corrected chi connectivity index (χ3v) is 9.67. The molecule has 8 atom stereocenters. The highest BCUT2D eigenvalue weighted by Gasteiger charge is 2.46. The lowest BCUT2D eigenvalue weighted by Gasteiger charge is -2.53. The van der Waals surface area contributed by atoms with Crippen LogP contribution in [0.25, 0.3) is 0 Å². The van der Waals surface area contributed by atoms with Crippen LogP contribution in [-0.2, 0) is 0 Å². The lowest BCUT2D eigenvalue weighted by molar-refractivity contribution is -0.0253. The van der Waals surface area contributed by atoms with Gasteiger partial charge in [-0.2, -0.15) is 0 Å². The average Bonchev–Trinajstić information content (AvgIpc) is 2.72. The molecule has 1 spiro atoms. The summed E-state index contributed by atoms with van der Waals surface area (Å²) in [6, 6.07) is 0. The van der Waals surface area contributed by atoms with Gasteiger partial charge >= 0.3 is 0 Å². The molecule has 0 heteroatoms. The van der Waals surface area contributed by atoms with Crippen molar-refractivity contribution in [3.63, 3.8) is 0 Å². The van der Waals surface area contributed by atoms with Crippen molar-refractivity contribution in [1.29, 1.82) is 0 Å². The van der Waals surface area contributed by atoms with E-state index in [0.29, 0.717) is 11.3 Å². The summed E-state index contributed by atoms with van der Waals surface area (Å²) in [7, 11) is 0. The molecule has 30 heavy (non-hydrogen) atoms. The van der Waals surface area contributed by atoms with E-state index in [0.717, 1.165) is 35.5 Å². The molecular formula is C30H54. The Hall–Kier alpha value is -0.440. The van der Waals surface area contributed by atoms with Gasteiger partial charge in [0.1, 0.15) is 0 Å². The van der Waals surface area contributed by atoms with Gasteiger partial charge in [0, 0.05) is 5.92 Å². The molecule has 0 aromatic rings. The van der Waals surface area contributed by atoms with E-state index < -0.39 is 0 Å². The first kappa shape index (κ1) is 25.8. The lowest BCUT2D eigenvalue weighted by atomic mass is 9.52. The third-order valence-electron chi connectivity index (χ3n) is 9.67. The Bertz CT molecular complexity index is 534. The quantitative estimate of drug-likeness (QED) is 0.312. The Kier molecular flexibility index (Phi) is 10.8. The van der Waals surface area contributed by atoms with Crippen LogP contribution in [0.15, 0.2) is 0 Å². The normalized spacial score (nSPS) is 34.8. The number of rotatable bonds is 10. The minimum Gasteiger partial charge on any atom is -0.106 e. The Labute approximate surface area is 190 Å². The maximum atomic E-state index is 3.58. The topological polar surface area (TPSA) is 0 Å². The highest BCUT2D eigenvalue weighted by atomic mass is 14.5. The fraction of sp³-hybridized carbons (Fsp3) is 0.933. The van der Waals surface area contributed by atoms with Gasteiger partial charge in [0.15, 0.2) is 0 Å². The lowest BCUT2D eigenvalue weighted by Crippen LogP contribution is -2.43. The molecule has 0 amide bonds. The van der Waals surface area contributed by atoms with Crippen molar-refractivity contribution in [2.24, 2.45) is 46.8 Å². The Morgan fingerprint density at radius 1 is 0.900 bits per heavy atom. The van der Waals surface area contributed by atoms with Crippen molar-refractivity contribution in [1.82, 2.24) is 0 Å². The van der Waals surface area contributed by atoms with E-state index in [1.807, 2.05) is 6.92 Å². The fourth-order valence-corrected chi connectivity index (χ4v) is 7.59. The summed E-state index contributed by atoms with van der Waals surface area (Å²) in [5.41, 5.74) is 0.687. The van der Waals surface area contributed by atoms with Crippen molar-refractivity contribution in [2.75, 3.05) is 0 Å². The van der Waals surface area contributed by atoms with Crippen molar-refractivity contribution < 1.29 is 0 Å². The second-order valence-electron chi connectivity index (χ2n) is 11.7. The SMILES string of the molecule is CC#CC(C(C)CCC)C(C)CCCC1CC2(CCCC(CCC)C2C)CCC1C. The minimum atomic E-state index is 0.596. The first-order chi connectivity index (χ1) is 14.4. The average molecular weight is 415 g/mol. The Morgan fingerprint density at radius 3 is 2.30 bits per heavy atom. The molecule has 0 N–H and O–H groups in total. The third kappa shape index (κ3) is 6.53. The smallest absolute Gasteiger partial charge is 0.0253 e. The van der Waals surface area contributed by atoms with Crippen LogP contribution in [0.2, 0.25) is 0 Å². The van der Waals surface area contributed by atoms with Crippen LogP contribution < -0.4 is 0 Å². The minimum absolute atomic E-state index is 0.596. The molecule has 2 aliphatic carbocycles. The second-order valence-corrected chi connectivity index (χ2v) is 11.7. The van der Waals surface area contributed by atoms with Gasteiger partial charge in [-0.05, 0) is 86.4 Å². The molecule has 0 aliphatic heterocycles. The van der Waals surface area contributed by atoms with E-state index in [1.165, 1.54) is 83.5 Å². The molecule has 0 nitrogen and oxygen atoms in total. The highest BCUT2D eigenvalue weighted by Crippen LogP contribution is 2.57. The number of hydrogen-bond acceptors (Lipinski definition) is 0. The zero-order valence-corrected chi connectivity index (χ0v) is 21.7. The summed E-state index contributed by atoms with van der Waals surface area (Å²) < 4.78 is 0. The molecule has 0 saturated heterocycles. The van der Waals surface area contributed by atoms with Gasteiger partial charge in [-0.15, -0.1) is 5.92 Å². The number of hydrogen-bond donors (Lipinski definition) is 0. The zero-order valence-electron chi connectivity index (χ0n) is 21.7. The molecule has 174 valence electrons. The molecule has 0 heterocycles. The van der Waals surface area contributed by atoms with Crippen molar-refractivity contribution in [3.05, 3.63) is 0 Å². The summed E-state index contributed by atoms with van der Waals surface area (Å²) >= 11 is 0. The Balaban J connectivity index is 1.93. The van der Waals surface area contributed by atoms with Crippen LogP contribution in [0.3, 0.4) is 0 Å². The fourth-order valence-electron chi connectivity index (χ4n) is 7.59. The van der Waals surface area contributed by atoms with Crippen LogP contribution >= 0.6 is 0 Å². The summed E-state index contributed by atoms with van der Waals surface area (Å²) in [5, 5.41) is 0. The molecular weight excluding hydrogens is 360 g/mol. The monoisotopic (exact) mass is 414 g/mol. The molecule has 2 rings (SSSR count). The molecule has 0 bridgehead atoms. The van der Waals surface area contributed by atoms with Gasteiger partial charge in [-0.3, -0.25) is 0 Å². The Morgan fingerprint density at radius 2 is 1.63 bits per heavy atom. The van der Waals surface area contributed by atoms with Gasteiger partial charge in [0.2, 0.25) is 0 Å². The van der Waals surface area contributed by atoms with Gasteiger partial charge in [-0.1, -0.05) is 92.4 Å². The van der Waals surface area contributed by atoms with Gasteiger partial charge in [0.25, 0.3) is 0 Å². The second kappa shape index (κ2) is 12.6. The maximum absolute atomic E-state index is 3.58. The van der Waals surface area contributed by atoms with E-state index in [4.69, 9.17) is 0 Å². The molecule has 0 radical (unpaired) electrons. The van der Waals surface area contributed by atoms with Gasteiger partial charge < -0.3 is 0 Å². The molecule has 2 saturated carbocycles. The van der Waals surface area contributed by atoms with E-state index >= 15 is 0 Å². The van der Waals surface area contributed by atoms with Crippen LogP contribution in [0.4, 0.5) is 0 Å². The van der Waals surface area contributed by atoms with Gasteiger partial charge in [-0.25, -0.2) is 0 Å². The van der Waals surface area contributed by atoms with Crippen LogP contribution in [0, 0.1) is 58.7 Å². The van der Waals surface area contributed by atoms with Crippen molar-refractivity contribution >= 4 is 0 Å². The van der Waals surface area contributed by atoms with Crippen LogP contribution in [0.5, 0.6) is 0 Å². The molecule has 2 fully saturated rings. The standard InChI is InChI=1S/C30H54/c1-8-13-24(5)29(15-10-3)25(6)16-11-17-28-22-30(21-19-23(28)4)20-12-18-27(14-9-2)26(30)7/h23-29H,8-9,11-14,16-22H2,1-7H3. The molecule has 2 aliphatic rings. The van der Waals surface area contributed by atoms with E-state index in [1.54, 1.807) is 0 Å². The summed E-state index contributed by atoms with van der Waals surface area (Å²) in [5.74, 6) is 12.8. The van der Waals surface area contributed by atoms with Crippen LogP contribution in [-0.4, -0.2) is 0 Å². The summed E-state index contributed by atoms with van der Waals surface area (Å²) in [6.45, 7) is 16.8.